The molecule has 2 fully saturated rings. The molecule has 3 unspecified atom stereocenters. The lowest BCUT2D eigenvalue weighted by atomic mass is 9.88. The van der Waals surface area contributed by atoms with Crippen LogP contribution in [0.1, 0.15) is 102 Å². The van der Waals surface area contributed by atoms with Gasteiger partial charge >= 0.3 is 61.4 Å². The summed E-state index contributed by atoms with van der Waals surface area (Å²) < 4.78 is 113. The van der Waals surface area contributed by atoms with E-state index in [9.17, 15) is 0 Å². The molecule has 1 saturated heterocycles. The number of epoxide rings is 1. The zero-order valence-corrected chi connectivity index (χ0v) is 63.9. The average molecular weight is 1330 g/mol. The van der Waals surface area contributed by atoms with Crippen LogP contribution in [0.15, 0.2) is 60.7 Å². The third kappa shape index (κ3) is 34.4. The van der Waals surface area contributed by atoms with E-state index in [4.69, 9.17) is 93.3 Å². The van der Waals surface area contributed by atoms with Crippen LogP contribution in [0, 0.1) is 5.92 Å². The highest BCUT2D eigenvalue weighted by molar-refractivity contribution is 6.75. The Labute approximate surface area is 518 Å². The number of rotatable bonds is 36. The van der Waals surface area contributed by atoms with Crippen LogP contribution in [-0.4, -0.2) is 211 Å². The normalized spacial score (nSPS) is 16.0. The molecule has 498 valence electrons. The van der Waals surface area contributed by atoms with Gasteiger partial charge in [0.2, 0.25) is 0 Å². The third-order valence-corrected chi connectivity index (χ3v) is 32.3. The van der Waals surface area contributed by atoms with E-state index in [1.54, 1.807) is 78.2 Å². The number of hydrogen-bond acceptors (Lipinski definition) is 21. The minimum Gasteiger partial charge on any atom is -0.398 e. The monoisotopic (exact) mass is 1320 g/mol. The smallest absolute Gasteiger partial charge is 0.398 e. The van der Waals surface area contributed by atoms with Crippen molar-refractivity contribution >= 4 is 71.8 Å². The summed E-state index contributed by atoms with van der Waals surface area (Å²) in [4.78, 5) is 0. The predicted octanol–water partition coefficient (Wildman–Crippen LogP) is 10.1. The van der Waals surface area contributed by atoms with E-state index in [0.717, 1.165) is 34.4 Å². The van der Waals surface area contributed by atoms with E-state index in [-0.39, 0.29) is 0 Å². The number of hydrogen-bond donors (Lipinski definition) is 0. The topological polar surface area (TPSA) is 197 Å². The van der Waals surface area contributed by atoms with Gasteiger partial charge in [0.05, 0.1) is 12.2 Å². The van der Waals surface area contributed by atoms with Crippen molar-refractivity contribution < 1.29 is 93.3 Å². The second-order valence-corrected chi connectivity index (χ2v) is 39.2. The van der Waals surface area contributed by atoms with Gasteiger partial charge in [-0.3, -0.25) is 0 Å². The largest absolute Gasteiger partial charge is 0.537 e. The zero-order valence-electron chi connectivity index (χ0n) is 56.9. The minimum atomic E-state index is -2.67. The summed E-state index contributed by atoms with van der Waals surface area (Å²) >= 11 is 0. The minimum absolute atomic E-state index is 0.598. The van der Waals surface area contributed by atoms with Crippen LogP contribution >= 0.6 is 0 Å². The van der Waals surface area contributed by atoms with Gasteiger partial charge in [0.1, 0.15) is 0 Å². The van der Waals surface area contributed by atoms with E-state index in [1.807, 2.05) is 150 Å². The number of benzene rings is 2. The highest BCUT2D eigenvalue weighted by Crippen LogP contribution is 2.41. The summed E-state index contributed by atoms with van der Waals surface area (Å²) in [6.07, 6.45) is 6.34. The van der Waals surface area contributed by atoms with Gasteiger partial charge in [-0.05, 0) is 107 Å². The molecule has 1 heterocycles. The lowest BCUT2D eigenvalue weighted by molar-refractivity contribution is 0.0724. The highest BCUT2D eigenvalue weighted by atomic mass is 28.4. The van der Waals surface area contributed by atoms with Crippen molar-refractivity contribution in [3.8, 4) is 0 Å². The molecule has 0 spiro atoms. The van der Waals surface area contributed by atoms with E-state index < -0.39 is 61.4 Å². The summed E-state index contributed by atoms with van der Waals surface area (Å²) in [5, 5.41) is 2.00. The summed E-state index contributed by atoms with van der Waals surface area (Å²) in [5.41, 5.74) is 0. The summed E-state index contributed by atoms with van der Waals surface area (Å²) in [5.74, 6) is 0.839. The summed E-state index contributed by atoms with van der Waals surface area (Å²) in [7, 11) is 1.97. The Morgan fingerprint density at radius 2 is 0.702 bits per heavy atom. The molecular formula is C56H120O21Si7. The molecule has 1 aliphatic carbocycles. The van der Waals surface area contributed by atoms with Crippen molar-refractivity contribution in [2.24, 2.45) is 5.92 Å². The molecule has 0 radical (unpaired) electrons. The first-order valence-electron chi connectivity index (χ1n) is 29.7. The third-order valence-electron chi connectivity index (χ3n) is 13.3. The predicted molar refractivity (Wildman–Crippen MR) is 348 cm³/mol. The summed E-state index contributed by atoms with van der Waals surface area (Å²) in [6, 6.07) is 22.5. The lowest BCUT2D eigenvalue weighted by Crippen LogP contribution is -2.56. The molecular weight excluding hydrogens is 1210 g/mol. The van der Waals surface area contributed by atoms with Crippen molar-refractivity contribution in [3.05, 3.63) is 60.7 Å². The SMILES string of the molecule is CCO[Si](C)(OCC)OCC.CCO[Si](CC)(OCC)OCC.CCO[Si](OCC)(OCC)c1ccccc1.CC[Si](OC)(OC)OC.CO[Si](C)(CCC1CCC2OC2C1)OC.CO[Si](C)(OC)OC.CO[Si](OC)(OC)c1ccccc1. The molecule has 2 aromatic carbocycles. The van der Waals surface area contributed by atoms with Crippen LogP contribution in [-0.2, 0) is 93.3 Å². The second kappa shape index (κ2) is 50.8. The quantitative estimate of drug-likeness (QED) is 0.0461. The molecule has 4 rings (SSSR count). The number of fused-ring (bicyclic) bond motifs is 1. The molecule has 0 bridgehead atoms. The molecule has 2 aliphatic rings. The van der Waals surface area contributed by atoms with E-state index in [0.29, 0.717) is 71.7 Å². The van der Waals surface area contributed by atoms with E-state index in [2.05, 4.69) is 6.55 Å². The maximum atomic E-state index is 5.79. The molecule has 21 nitrogen and oxygen atoms in total. The van der Waals surface area contributed by atoms with Crippen molar-refractivity contribution in [1.82, 2.24) is 0 Å². The van der Waals surface area contributed by atoms with Gasteiger partial charge in [-0.15, -0.1) is 0 Å². The van der Waals surface area contributed by atoms with Crippen molar-refractivity contribution in [1.29, 1.82) is 0 Å². The van der Waals surface area contributed by atoms with Gasteiger partial charge in [0.15, 0.2) is 0 Å². The Hall–Kier alpha value is -0.882. The molecule has 1 saturated carbocycles. The first kappa shape index (κ1) is 87.3. The molecule has 84 heavy (non-hydrogen) atoms. The van der Waals surface area contributed by atoms with Gasteiger partial charge in [-0.2, -0.15) is 0 Å². The Balaban J connectivity index is -0.000000922. The van der Waals surface area contributed by atoms with Gasteiger partial charge in [0, 0.05) is 173 Å². The Morgan fingerprint density at radius 3 is 0.952 bits per heavy atom. The van der Waals surface area contributed by atoms with Crippen LogP contribution in [0.3, 0.4) is 0 Å². The van der Waals surface area contributed by atoms with Crippen molar-refractivity contribution in [2.45, 2.75) is 152 Å². The fraction of sp³-hybridized carbons (Fsp3) is 0.786. The first-order chi connectivity index (χ1) is 40.1. The van der Waals surface area contributed by atoms with Gasteiger partial charge in [-0.25, -0.2) is 0 Å². The molecule has 3 atom stereocenters. The fourth-order valence-electron chi connectivity index (χ4n) is 8.27. The lowest BCUT2D eigenvalue weighted by Gasteiger charge is -2.28. The molecule has 0 N–H and O–H groups in total. The van der Waals surface area contributed by atoms with Crippen LogP contribution in [0.4, 0.5) is 0 Å². The molecule has 0 aromatic heterocycles. The zero-order chi connectivity index (χ0) is 64.6. The highest BCUT2D eigenvalue weighted by Gasteiger charge is 2.45. The number of ether oxygens (including phenoxy) is 1. The van der Waals surface area contributed by atoms with Crippen LogP contribution in [0.2, 0.25) is 37.8 Å². The van der Waals surface area contributed by atoms with Gasteiger partial charge < -0.3 is 93.3 Å². The Kier molecular flexibility index (Phi) is 52.8. The van der Waals surface area contributed by atoms with Gasteiger partial charge in [0.25, 0.3) is 0 Å². The maximum Gasteiger partial charge on any atom is 0.537 e. The van der Waals surface area contributed by atoms with E-state index >= 15 is 0 Å². The fourth-order valence-corrected chi connectivity index (χ4v) is 19.9. The Bertz CT molecular complexity index is 1680. The summed E-state index contributed by atoms with van der Waals surface area (Å²) in [6.45, 7) is 33.3. The first-order valence-corrected chi connectivity index (χ1v) is 44.0. The average Bonchev–Trinajstić information content (AvgIpc) is 4.47. The standard InChI is InChI=1S/C12H20O3Si.C11H22O3Si.C9H14O3Si.C8H20O3Si.C7H18O3Si.C5H14O3Si.C4H12O3Si/c1-4-13-16(14-5-2,15-6-3)12-10-8-7-9-11-12;1-12-15(3,13-2)7-6-9-4-5-10-11(8-9)14-10;1-10-13(11-2,12-3)9-7-5-4-6-8-9;1-5-9-12(8-4,10-6-2)11-7-3;1-5-8-11(4,9-6-2)10-7-3;1-5-9(6-2,7-3)8-4;1-5-8(4,6-2)7-3/h7-11H,4-6H2,1-3H3;9-11H,4-8H2,1-3H3;4-8H,1-3H3;5-8H2,1-4H3;5-7H2,1-4H3;5H2,1-4H3;1-4H3. The maximum absolute atomic E-state index is 5.79. The second-order valence-electron chi connectivity index (χ2n) is 18.3. The van der Waals surface area contributed by atoms with Crippen LogP contribution in [0.5, 0.6) is 0 Å². The van der Waals surface area contributed by atoms with Crippen LogP contribution < -0.4 is 10.4 Å². The van der Waals surface area contributed by atoms with Gasteiger partial charge in [-0.1, -0.05) is 74.5 Å². The van der Waals surface area contributed by atoms with Crippen molar-refractivity contribution in [2.75, 3.05) is 138 Å². The van der Waals surface area contributed by atoms with Crippen LogP contribution in [0.25, 0.3) is 0 Å². The molecule has 2 aromatic rings. The van der Waals surface area contributed by atoms with E-state index in [1.165, 1.54) is 25.7 Å². The molecule has 28 heteroatoms. The van der Waals surface area contributed by atoms with Crippen molar-refractivity contribution in [3.63, 3.8) is 0 Å². The Morgan fingerprint density at radius 1 is 0.357 bits per heavy atom. The molecule has 1 aliphatic heterocycles. The molecule has 0 amide bonds.